The highest BCUT2D eigenvalue weighted by molar-refractivity contribution is 5.92. The Balaban J connectivity index is 2.39. The van der Waals surface area contributed by atoms with Crippen molar-refractivity contribution >= 4 is 17.3 Å². The molecular weight excluding hydrogens is 242 g/mol. The second-order valence-electron chi connectivity index (χ2n) is 3.76. The number of hydrogen-bond donors (Lipinski definition) is 1. The Morgan fingerprint density at radius 2 is 2.00 bits per heavy atom. The highest BCUT2D eigenvalue weighted by Gasteiger charge is 2.11. The minimum absolute atomic E-state index is 0.0114. The first-order valence-electron chi connectivity index (χ1n) is 5.48. The molecule has 0 aliphatic heterocycles. The van der Waals surface area contributed by atoms with Crippen LogP contribution in [0.4, 0.5) is 20.2 Å². The zero-order valence-electron chi connectivity index (χ0n) is 10.1. The zero-order chi connectivity index (χ0) is 13.5. The number of nitrogens with two attached hydrogens (primary N) is 1. The largest absolute Gasteiger partial charge is 0.399 e. The lowest BCUT2D eigenvalue weighted by atomic mass is 10.2. The van der Waals surface area contributed by atoms with E-state index in [2.05, 4.69) is 4.74 Å². The molecule has 0 unspecified atom stereocenters. The Morgan fingerprint density at radius 1 is 1.39 bits per heavy atom. The van der Waals surface area contributed by atoms with E-state index in [1.54, 1.807) is 31.3 Å². The summed E-state index contributed by atoms with van der Waals surface area (Å²) < 4.78 is 28.2. The van der Waals surface area contributed by atoms with E-state index in [0.29, 0.717) is 11.4 Å². The summed E-state index contributed by atoms with van der Waals surface area (Å²) in [7, 11) is 1.61. The Kier molecular flexibility index (Phi) is 5.51. The molecule has 0 spiro atoms. The van der Waals surface area contributed by atoms with Crippen LogP contribution in [-0.4, -0.2) is 32.6 Å². The fourth-order valence-electron chi connectivity index (χ4n) is 1.34. The molecular formula is C12H16F2N2O2. The number of nitrogen functional groups attached to an aromatic ring is 1. The summed E-state index contributed by atoms with van der Waals surface area (Å²) in [5.74, 6) is -0.200. The lowest BCUT2D eigenvalue weighted by molar-refractivity contribution is -0.119. The van der Waals surface area contributed by atoms with Gasteiger partial charge < -0.3 is 15.4 Å². The second kappa shape index (κ2) is 6.90. The number of alkyl halides is 2. The number of anilines is 2. The summed E-state index contributed by atoms with van der Waals surface area (Å²) in [6.45, 7) is -0.651. The van der Waals surface area contributed by atoms with Crippen LogP contribution in [0.3, 0.4) is 0 Å². The monoisotopic (exact) mass is 258 g/mol. The maximum Gasteiger partial charge on any atom is 0.261 e. The van der Waals surface area contributed by atoms with Crippen molar-refractivity contribution in [2.45, 2.75) is 12.8 Å². The number of carbonyl (C=O) groups is 1. The number of rotatable bonds is 6. The Morgan fingerprint density at radius 3 is 2.56 bits per heavy atom. The van der Waals surface area contributed by atoms with E-state index in [9.17, 15) is 13.6 Å². The number of nitrogens with zero attached hydrogens (tertiary/aromatic N) is 1. The molecule has 1 aromatic rings. The topological polar surface area (TPSA) is 55.6 Å². The fraction of sp³-hybridized carbons (Fsp3) is 0.417. The third-order valence-electron chi connectivity index (χ3n) is 2.36. The van der Waals surface area contributed by atoms with Crippen molar-refractivity contribution in [3.8, 4) is 0 Å². The van der Waals surface area contributed by atoms with Crippen molar-refractivity contribution in [2.24, 2.45) is 0 Å². The van der Waals surface area contributed by atoms with Gasteiger partial charge in [0, 0.05) is 18.4 Å². The van der Waals surface area contributed by atoms with Crippen molar-refractivity contribution in [3.63, 3.8) is 0 Å². The molecule has 1 aromatic carbocycles. The summed E-state index contributed by atoms with van der Waals surface area (Å²) in [4.78, 5) is 13.1. The maximum atomic E-state index is 11.8. The van der Waals surface area contributed by atoms with E-state index < -0.39 is 13.0 Å². The molecule has 2 N–H and O–H groups in total. The van der Waals surface area contributed by atoms with E-state index in [1.807, 2.05) is 0 Å². The minimum Gasteiger partial charge on any atom is -0.399 e. The zero-order valence-corrected chi connectivity index (χ0v) is 10.1. The normalized spacial score (nSPS) is 10.7. The molecule has 0 aliphatic carbocycles. The second-order valence-corrected chi connectivity index (χ2v) is 3.76. The van der Waals surface area contributed by atoms with Crippen molar-refractivity contribution in [1.82, 2.24) is 0 Å². The Labute approximate surface area is 104 Å². The number of ether oxygens (including phenoxy) is 1. The van der Waals surface area contributed by atoms with Crippen LogP contribution >= 0.6 is 0 Å². The van der Waals surface area contributed by atoms with Crippen molar-refractivity contribution < 1.29 is 18.3 Å². The number of carbonyl (C=O) groups excluding carboxylic acids is 1. The predicted octanol–water partition coefficient (Wildman–Crippen LogP) is 1.90. The summed E-state index contributed by atoms with van der Waals surface area (Å²) in [6.07, 6.45) is -2.44. The number of halogens is 2. The van der Waals surface area contributed by atoms with Gasteiger partial charge >= 0.3 is 0 Å². The number of amides is 1. The average Bonchev–Trinajstić information content (AvgIpc) is 2.34. The molecule has 0 atom stereocenters. The molecule has 0 saturated heterocycles. The van der Waals surface area contributed by atoms with Crippen molar-refractivity contribution in [2.75, 3.05) is 30.9 Å². The molecule has 0 saturated carbocycles. The van der Waals surface area contributed by atoms with Gasteiger partial charge in [-0.3, -0.25) is 4.79 Å². The summed E-state index contributed by atoms with van der Waals surface area (Å²) in [5, 5.41) is 0. The Hall–Kier alpha value is -1.69. The average molecular weight is 258 g/mol. The van der Waals surface area contributed by atoms with Crippen LogP contribution < -0.4 is 10.6 Å². The van der Waals surface area contributed by atoms with Gasteiger partial charge in [-0.15, -0.1) is 0 Å². The SMILES string of the molecule is CN(C(=O)CCOCC(F)F)c1ccc(N)cc1. The third-order valence-corrected chi connectivity index (χ3v) is 2.36. The molecule has 1 amide bonds. The van der Waals surface area contributed by atoms with Gasteiger partial charge in [-0.05, 0) is 24.3 Å². The lowest BCUT2D eigenvalue weighted by Crippen LogP contribution is -2.27. The molecule has 0 heterocycles. The molecule has 6 heteroatoms. The smallest absolute Gasteiger partial charge is 0.261 e. The van der Waals surface area contributed by atoms with E-state index in [-0.39, 0.29) is 18.9 Å². The first kappa shape index (κ1) is 14.4. The van der Waals surface area contributed by atoms with Crippen LogP contribution in [0.1, 0.15) is 6.42 Å². The molecule has 0 aliphatic rings. The molecule has 0 fully saturated rings. The van der Waals surface area contributed by atoms with Gasteiger partial charge in [-0.2, -0.15) is 0 Å². The molecule has 4 nitrogen and oxygen atoms in total. The summed E-state index contributed by atoms with van der Waals surface area (Å²) in [6, 6.07) is 6.80. The van der Waals surface area contributed by atoms with Gasteiger partial charge in [0.2, 0.25) is 5.91 Å². The summed E-state index contributed by atoms with van der Waals surface area (Å²) in [5.41, 5.74) is 6.84. The van der Waals surface area contributed by atoms with Gasteiger partial charge in [0.15, 0.2) is 0 Å². The standard InChI is InChI=1S/C12H16F2N2O2/c1-16(10-4-2-9(15)3-5-10)12(17)6-7-18-8-11(13)14/h2-5,11H,6-8,15H2,1H3. The van der Waals surface area contributed by atoms with Gasteiger partial charge in [0.1, 0.15) is 6.61 Å². The van der Waals surface area contributed by atoms with Gasteiger partial charge in [-0.1, -0.05) is 0 Å². The highest BCUT2D eigenvalue weighted by atomic mass is 19.3. The maximum absolute atomic E-state index is 11.8. The van der Waals surface area contributed by atoms with Gasteiger partial charge in [0.25, 0.3) is 6.43 Å². The van der Waals surface area contributed by atoms with E-state index in [1.165, 1.54) is 4.90 Å². The van der Waals surface area contributed by atoms with Crippen molar-refractivity contribution in [1.29, 1.82) is 0 Å². The summed E-state index contributed by atoms with van der Waals surface area (Å²) >= 11 is 0. The van der Waals surface area contributed by atoms with Gasteiger partial charge in [0.05, 0.1) is 13.0 Å². The molecule has 0 bridgehead atoms. The predicted molar refractivity (Wildman–Crippen MR) is 65.7 cm³/mol. The van der Waals surface area contributed by atoms with Crippen LogP contribution in [0.15, 0.2) is 24.3 Å². The molecule has 100 valence electrons. The molecule has 0 aromatic heterocycles. The van der Waals surface area contributed by atoms with E-state index in [4.69, 9.17) is 5.73 Å². The van der Waals surface area contributed by atoms with Crippen LogP contribution in [0.5, 0.6) is 0 Å². The minimum atomic E-state index is -2.50. The quantitative estimate of drug-likeness (QED) is 0.626. The first-order chi connectivity index (χ1) is 8.50. The van der Waals surface area contributed by atoms with E-state index in [0.717, 1.165) is 0 Å². The van der Waals surface area contributed by atoms with Crippen molar-refractivity contribution in [3.05, 3.63) is 24.3 Å². The van der Waals surface area contributed by atoms with Crippen LogP contribution in [0.2, 0.25) is 0 Å². The van der Waals surface area contributed by atoms with Crippen LogP contribution in [0, 0.1) is 0 Å². The molecule has 1 rings (SSSR count). The highest BCUT2D eigenvalue weighted by Crippen LogP contribution is 2.15. The molecule has 0 radical (unpaired) electrons. The first-order valence-corrected chi connectivity index (χ1v) is 5.48. The molecule has 18 heavy (non-hydrogen) atoms. The van der Waals surface area contributed by atoms with E-state index >= 15 is 0 Å². The lowest BCUT2D eigenvalue weighted by Gasteiger charge is -2.17. The fourth-order valence-corrected chi connectivity index (χ4v) is 1.34. The Bertz CT molecular complexity index is 382. The van der Waals surface area contributed by atoms with Crippen LogP contribution in [0.25, 0.3) is 0 Å². The number of benzene rings is 1. The van der Waals surface area contributed by atoms with Gasteiger partial charge in [-0.25, -0.2) is 8.78 Å². The third kappa shape index (κ3) is 4.67. The van der Waals surface area contributed by atoms with Crippen LogP contribution in [-0.2, 0) is 9.53 Å². The number of hydrogen-bond acceptors (Lipinski definition) is 3.